The second-order valence-corrected chi connectivity index (χ2v) is 7.19. The van der Waals surface area contributed by atoms with Crippen LogP contribution in [0.25, 0.3) is 0 Å². The summed E-state index contributed by atoms with van der Waals surface area (Å²) in [4.78, 5) is 26.7. The van der Waals surface area contributed by atoms with E-state index in [2.05, 4.69) is 10.6 Å². The van der Waals surface area contributed by atoms with Gasteiger partial charge in [-0.1, -0.05) is 19.1 Å². The van der Waals surface area contributed by atoms with Crippen LogP contribution < -0.4 is 20.1 Å². The summed E-state index contributed by atoms with van der Waals surface area (Å²) in [5, 5.41) is 6.71. The molecule has 0 bridgehead atoms. The smallest absolute Gasteiger partial charge is 0.321 e. The summed E-state index contributed by atoms with van der Waals surface area (Å²) in [6, 6.07) is 8.80. The standard InChI is InChI=1S/C20H27N3O4S/c1-5-23(14(2)19(24)22-20(25)21-3)12-15-8-9-17(18(11-15)26-4)27-13-16-7-6-10-28-16/h6-11,14H,5,12-13H2,1-4H3,(H2,21,22,24,25)/t14-/m1/s1. The fourth-order valence-electron chi connectivity index (χ4n) is 2.67. The van der Waals surface area contributed by atoms with E-state index in [1.807, 2.05) is 47.5 Å². The Balaban J connectivity index is 2.04. The Morgan fingerprint density at radius 2 is 2.04 bits per heavy atom. The van der Waals surface area contributed by atoms with Crippen molar-refractivity contribution < 1.29 is 19.1 Å². The van der Waals surface area contributed by atoms with Crippen molar-refractivity contribution in [3.05, 3.63) is 46.2 Å². The molecule has 7 nitrogen and oxygen atoms in total. The molecule has 3 amide bonds. The molecule has 0 saturated carbocycles. The van der Waals surface area contributed by atoms with Crippen LogP contribution in [-0.2, 0) is 17.9 Å². The Hall–Kier alpha value is -2.58. The highest BCUT2D eigenvalue weighted by atomic mass is 32.1. The van der Waals surface area contributed by atoms with Gasteiger partial charge < -0.3 is 14.8 Å². The van der Waals surface area contributed by atoms with Gasteiger partial charge in [-0.2, -0.15) is 0 Å². The summed E-state index contributed by atoms with van der Waals surface area (Å²) in [6.45, 7) is 5.43. The zero-order valence-electron chi connectivity index (χ0n) is 16.7. The van der Waals surface area contributed by atoms with Gasteiger partial charge in [0.1, 0.15) is 6.61 Å². The van der Waals surface area contributed by atoms with Gasteiger partial charge >= 0.3 is 6.03 Å². The van der Waals surface area contributed by atoms with E-state index in [1.54, 1.807) is 25.4 Å². The fourth-order valence-corrected chi connectivity index (χ4v) is 3.29. The summed E-state index contributed by atoms with van der Waals surface area (Å²) >= 11 is 1.64. The Kier molecular flexibility index (Phi) is 8.28. The number of thiophene rings is 1. The lowest BCUT2D eigenvalue weighted by Crippen LogP contribution is -2.48. The molecule has 1 aromatic carbocycles. The molecule has 1 atom stereocenters. The molecule has 2 N–H and O–H groups in total. The number of nitrogens with one attached hydrogen (secondary N) is 2. The zero-order valence-corrected chi connectivity index (χ0v) is 17.5. The molecule has 8 heteroatoms. The number of imide groups is 1. The minimum absolute atomic E-state index is 0.343. The van der Waals surface area contributed by atoms with Crippen LogP contribution in [-0.4, -0.2) is 43.6 Å². The molecule has 2 aromatic rings. The van der Waals surface area contributed by atoms with Crippen molar-refractivity contribution in [2.75, 3.05) is 20.7 Å². The largest absolute Gasteiger partial charge is 0.493 e. The van der Waals surface area contributed by atoms with Crippen LogP contribution in [0.3, 0.4) is 0 Å². The number of ether oxygens (including phenoxy) is 2. The monoisotopic (exact) mass is 405 g/mol. The lowest BCUT2D eigenvalue weighted by atomic mass is 10.1. The second kappa shape index (κ2) is 10.7. The molecule has 1 heterocycles. The van der Waals surface area contributed by atoms with Crippen LogP contribution in [0.1, 0.15) is 24.3 Å². The molecule has 0 fully saturated rings. The molecule has 152 valence electrons. The number of amides is 3. The SMILES string of the molecule is CCN(Cc1ccc(OCc2cccs2)c(OC)c1)[C@H](C)C(=O)NC(=O)NC. The van der Waals surface area contributed by atoms with Crippen molar-refractivity contribution in [1.29, 1.82) is 0 Å². The third kappa shape index (κ3) is 5.97. The highest BCUT2D eigenvalue weighted by Gasteiger charge is 2.22. The minimum atomic E-state index is -0.512. The van der Waals surface area contributed by atoms with E-state index in [-0.39, 0.29) is 5.91 Å². The maximum absolute atomic E-state index is 12.2. The number of hydrogen-bond donors (Lipinski definition) is 2. The van der Waals surface area contributed by atoms with Gasteiger partial charge in [-0.05, 0) is 42.6 Å². The van der Waals surface area contributed by atoms with E-state index in [0.717, 1.165) is 10.4 Å². The average Bonchev–Trinajstić information content (AvgIpc) is 3.23. The maximum atomic E-state index is 12.2. The van der Waals surface area contributed by atoms with Crippen molar-refractivity contribution in [3.63, 3.8) is 0 Å². The number of rotatable bonds is 9. The molecule has 0 aliphatic rings. The minimum Gasteiger partial charge on any atom is -0.493 e. The van der Waals surface area contributed by atoms with Gasteiger partial charge in [0.05, 0.1) is 13.2 Å². The van der Waals surface area contributed by atoms with Crippen molar-refractivity contribution in [3.8, 4) is 11.5 Å². The van der Waals surface area contributed by atoms with E-state index in [9.17, 15) is 9.59 Å². The van der Waals surface area contributed by atoms with Crippen molar-refractivity contribution in [1.82, 2.24) is 15.5 Å². The van der Waals surface area contributed by atoms with Crippen LogP contribution in [0.15, 0.2) is 35.7 Å². The van der Waals surface area contributed by atoms with Crippen molar-refractivity contribution in [2.24, 2.45) is 0 Å². The van der Waals surface area contributed by atoms with E-state index >= 15 is 0 Å². The first-order valence-electron chi connectivity index (χ1n) is 9.07. The van der Waals surface area contributed by atoms with Crippen LogP contribution in [0, 0.1) is 0 Å². The molecule has 28 heavy (non-hydrogen) atoms. The summed E-state index contributed by atoms with van der Waals surface area (Å²) < 4.78 is 11.3. The van der Waals surface area contributed by atoms with E-state index in [1.165, 1.54) is 7.05 Å². The Morgan fingerprint density at radius 1 is 1.25 bits per heavy atom. The van der Waals surface area contributed by atoms with Gasteiger partial charge in [0.15, 0.2) is 11.5 Å². The number of benzene rings is 1. The molecule has 0 radical (unpaired) electrons. The zero-order chi connectivity index (χ0) is 20.5. The summed E-state index contributed by atoms with van der Waals surface area (Å²) in [5.74, 6) is 0.977. The van der Waals surface area contributed by atoms with Gasteiger partial charge in [0, 0.05) is 18.5 Å². The number of carbonyl (C=O) groups is 2. The number of likely N-dealkylation sites (N-methyl/N-ethyl adjacent to an activating group) is 1. The molecular weight excluding hydrogens is 378 g/mol. The molecule has 0 spiro atoms. The predicted molar refractivity (Wildman–Crippen MR) is 110 cm³/mol. The maximum Gasteiger partial charge on any atom is 0.321 e. The molecule has 0 aliphatic heterocycles. The number of nitrogens with zero attached hydrogens (tertiary/aromatic N) is 1. The van der Waals surface area contributed by atoms with Crippen molar-refractivity contribution >= 4 is 23.3 Å². The number of hydrogen-bond acceptors (Lipinski definition) is 6. The van der Waals surface area contributed by atoms with Crippen LogP contribution in [0.5, 0.6) is 11.5 Å². The lowest BCUT2D eigenvalue weighted by Gasteiger charge is -2.27. The van der Waals surface area contributed by atoms with E-state index in [4.69, 9.17) is 9.47 Å². The Bertz CT molecular complexity index is 780. The van der Waals surface area contributed by atoms with Crippen LogP contribution >= 0.6 is 11.3 Å². The first-order valence-corrected chi connectivity index (χ1v) is 9.95. The first kappa shape index (κ1) is 21.7. The molecular formula is C20H27N3O4S. The third-order valence-electron chi connectivity index (χ3n) is 4.36. The number of carbonyl (C=O) groups excluding carboxylic acids is 2. The van der Waals surface area contributed by atoms with Crippen LogP contribution in [0.4, 0.5) is 4.79 Å². The third-order valence-corrected chi connectivity index (χ3v) is 5.21. The highest BCUT2D eigenvalue weighted by Crippen LogP contribution is 2.30. The average molecular weight is 406 g/mol. The van der Waals surface area contributed by atoms with E-state index < -0.39 is 12.1 Å². The quantitative estimate of drug-likeness (QED) is 0.670. The normalized spacial score (nSPS) is 11.8. The lowest BCUT2D eigenvalue weighted by molar-refractivity contribution is -0.124. The molecule has 1 aromatic heterocycles. The fraction of sp³-hybridized carbons (Fsp3) is 0.400. The molecule has 0 aliphatic carbocycles. The molecule has 0 saturated heterocycles. The first-order chi connectivity index (χ1) is 13.5. The Labute approximate surface area is 169 Å². The van der Waals surface area contributed by atoms with Gasteiger partial charge in [-0.3, -0.25) is 15.0 Å². The van der Waals surface area contributed by atoms with Crippen LogP contribution in [0.2, 0.25) is 0 Å². The van der Waals surface area contributed by atoms with E-state index in [0.29, 0.717) is 31.2 Å². The van der Waals surface area contributed by atoms with Gasteiger partial charge in [-0.25, -0.2) is 4.79 Å². The summed E-state index contributed by atoms with van der Waals surface area (Å²) in [6.07, 6.45) is 0. The summed E-state index contributed by atoms with van der Waals surface area (Å²) in [5.41, 5.74) is 0.988. The second-order valence-electron chi connectivity index (χ2n) is 6.16. The summed E-state index contributed by atoms with van der Waals surface area (Å²) in [7, 11) is 3.08. The van der Waals surface area contributed by atoms with Gasteiger partial charge in [-0.15, -0.1) is 11.3 Å². The highest BCUT2D eigenvalue weighted by molar-refractivity contribution is 7.09. The molecule has 2 rings (SSSR count). The van der Waals surface area contributed by atoms with Gasteiger partial charge in [0.2, 0.25) is 5.91 Å². The molecule has 0 unspecified atom stereocenters. The Morgan fingerprint density at radius 3 is 2.64 bits per heavy atom. The number of urea groups is 1. The topological polar surface area (TPSA) is 79.9 Å². The predicted octanol–water partition coefficient (Wildman–Crippen LogP) is 3.00. The number of methoxy groups -OCH3 is 1. The van der Waals surface area contributed by atoms with Gasteiger partial charge in [0.25, 0.3) is 0 Å². The van der Waals surface area contributed by atoms with Crippen molar-refractivity contribution in [2.45, 2.75) is 33.0 Å².